The lowest BCUT2D eigenvalue weighted by atomic mass is 10.1. The molecule has 1 aromatic heterocycles. The third kappa shape index (κ3) is 3.39. The molecular weight excluding hydrogens is 240 g/mol. The normalized spacial score (nSPS) is 12.6. The summed E-state index contributed by atoms with van der Waals surface area (Å²) in [6.07, 6.45) is 0.886. The number of nitrogens with one attached hydrogen (secondary N) is 1. The third-order valence-electron chi connectivity index (χ3n) is 3.10. The average Bonchev–Trinajstić information content (AvgIpc) is 2.82. The molecule has 0 spiro atoms. The highest BCUT2D eigenvalue weighted by Crippen LogP contribution is 2.19. The molecule has 0 aliphatic heterocycles. The Morgan fingerprint density at radius 1 is 1.26 bits per heavy atom. The van der Waals surface area contributed by atoms with Crippen LogP contribution in [-0.2, 0) is 13.6 Å². The molecule has 0 aliphatic rings. The third-order valence-corrected chi connectivity index (χ3v) is 3.10. The molecule has 5 heteroatoms. The zero-order valence-electron chi connectivity index (χ0n) is 11.4. The fourth-order valence-electron chi connectivity index (χ4n) is 1.97. The van der Waals surface area contributed by atoms with Crippen molar-refractivity contribution < 1.29 is 5.11 Å². The van der Waals surface area contributed by atoms with E-state index in [0.717, 1.165) is 23.4 Å². The Balaban J connectivity index is 2.17. The van der Waals surface area contributed by atoms with Gasteiger partial charge in [0, 0.05) is 25.2 Å². The molecule has 0 saturated carbocycles. The van der Waals surface area contributed by atoms with Gasteiger partial charge in [-0.15, -0.1) is 0 Å². The molecule has 0 bridgehead atoms. The molecular formula is C14H20N4O. The molecule has 0 radical (unpaired) electrons. The van der Waals surface area contributed by atoms with Crippen LogP contribution in [0.2, 0.25) is 0 Å². The van der Waals surface area contributed by atoms with Gasteiger partial charge in [-0.3, -0.25) is 0 Å². The van der Waals surface area contributed by atoms with Gasteiger partial charge in [0.25, 0.3) is 0 Å². The molecule has 0 unspecified atom stereocenters. The van der Waals surface area contributed by atoms with E-state index in [0.29, 0.717) is 6.54 Å². The first-order valence-corrected chi connectivity index (χ1v) is 6.54. The van der Waals surface area contributed by atoms with Gasteiger partial charge in [-0.25, -0.2) is 0 Å². The summed E-state index contributed by atoms with van der Waals surface area (Å²) in [5, 5.41) is 21.3. The first-order chi connectivity index (χ1) is 9.24. The first kappa shape index (κ1) is 13.7. The van der Waals surface area contributed by atoms with Crippen LogP contribution in [0.15, 0.2) is 30.3 Å². The Labute approximate surface area is 113 Å². The van der Waals surface area contributed by atoms with E-state index in [9.17, 15) is 5.11 Å². The first-order valence-electron chi connectivity index (χ1n) is 6.54. The van der Waals surface area contributed by atoms with Gasteiger partial charge >= 0.3 is 0 Å². The quantitative estimate of drug-likeness (QED) is 0.823. The van der Waals surface area contributed by atoms with Crippen LogP contribution in [0.5, 0.6) is 0 Å². The SMILES string of the molecule is CC[C@@H](CO)NCc1nn(C)nc1-c1ccccc1. The average molecular weight is 260 g/mol. The molecule has 1 atom stereocenters. The Morgan fingerprint density at radius 2 is 2.00 bits per heavy atom. The van der Waals surface area contributed by atoms with Crippen LogP contribution in [0.4, 0.5) is 0 Å². The largest absolute Gasteiger partial charge is 0.395 e. The molecule has 0 fully saturated rings. The second kappa shape index (κ2) is 6.45. The summed E-state index contributed by atoms with van der Waals surface area (Å²) in [6.45, 7) is 2.79. The highest BCUT2D eigenvalue weighted by atomic mass is 16.3. The lowest BCUT2D eigenvalue weighted by Gasteiger charge is -2.12. The number of benzene rings is 1. The molecule has 0 aliphatic carbocycles. The van der Waals surface area contributed by atoms with E-state index in [1.165, 1.54) is 0 Å². The fraction of sp³-hybridized carbons (Fsp3) is 0.429. The summed E-state index contributed by atoms with van der Waals surface area (Å²) < 4.78 is 0. The van der Waals surface area contributed by atoms with Crippen molar-refractivity contribution in [2.45, 2.75) is 25.9 Å². The topological polar surface area (TPSA) is 63.0 Å². The van der Waals surface area contributed by atoms with E-state index in [1.807, 2.05) is 44.3 Å². The minimum absolute atomic E-state index is 0.102. The molecule has 1 heterocycles. The van der Waals surface area contributed by atoms with Gasteiger partial charge < -0.3 is 10.4 Å². The van der Waals surface area contributed by atoms with Crippen LogP contribution in [-0.4, -0.2) is 32.7 Å². The van der Waals surface area contributed by atoms with Gasteiger partial charge in [0.15, 0.2) is 0 Å². The number of hydrogen-bond acceptors (Lipinski definition) is 4. The van der Waals surface area contributed by atoms with Crippen molar-refractivity contribution in [1.29, 1.82) is 0 Å². The predicted molar refractivity (Wildman–Crippen MR) is 74.4 cm³/mol. The summed E-state index contributed by atoms with van der Waals surface area (Å²) in [5.41, 5.74) is 2.86. The molecule has 102 valence electrons. The second-order valence-corrected chi connectivity index (χ2v) is 4.52. The van der Waals surface area contributed by atoms with Crippen molar-refractivity contribution in [3.05, 3.63) is 36.0 Å². The second-order valence-electron chi connectivity index (χ2n) is 4.52. The van der Waals surface area contributed by atoms with E-state index in [-0.39, 0.29) is 12.6 Å². The number of hydrogen-bond donors (Lipinski definition) is 2. The van der Waals surface area contributed by atoms with Crippen LogP contribution in [0.25, 0.3) is 11.3 Å². The van der Waals surface area contributed by atoms with Crippen molar-refractivity contribution in [1.82, 2.24) is 20.3 Å². The Hall–Kier alpha value is -1.72. The molecule has 2 aromatic rings. The maximum Gasteiger partial charge on any atom is 0.117 e. The summed E-state index contributed by atoms with van der Waals surface area (Å²) in [7, 11) is 1.82. The van der Waals surface area contributed by atoms with Crippen molar-refractivity contribution in [3.63, 3.8) is 0 Å². The zero-order chi connectivity index (χ0) is 13.7. The van der Waals surface area contributed by atoms with Crippen LogP contribution in [0, 0.1) is 0 Å². The van der Waals surface area contributed by atoms with Crippen molar-refractivity contribution in [3.8, 4) is 11.3 Å². The summed E-state index contributed by atoms with van der Waals surface area (Å²) in [5.74, 6) is 0. The number of aliphatic hydroxyl groups is 1. The van der Waals surface area contributed by atoms with Crippen LogP contribution >= 0.6 is 0 Å². The Kier molecular flexibility index (Phi) is 4.65. The maximum atomic E-state index is 9.19. The summed E-state index contributed by atoms with van der Waals surface area (Å²) >= 11 is 0. The lowest BCUT2D eigenvalue weighted by molar-refractivity contribution is 0.238. The number of aliphatic hydroxyl groups excluding tert-OH is 1. The van der Waals surface area contributed by atoms with Gasteiger partial charge in [0.05, 0.1) is 6.61 Å². The fourth-order valence-corrected chi connectivity index (χ4v) is 1.97. The zero-order valence-corrected chi connectivity index (χ0v) is 11.4. The molecule has 1 aromatic carbocycles. The minimum atomic E-state index is 0.102. The van der Waals surface area contributed by atoms with E-state index >= 15 is 0 Å². The van der Waals surface area contributed by atoms with Gasteiger partial charge in [-0.1, -0.05) is 37.3 Å². The van der Waals surface area contributed by atoms with Gasteiger partial charge in [0.2, 0.25) is 0 Å². The number of nitrogens with zero attached hydrogens (tertiary/aromatic N) is 3. The van der Waals surface area contributed by atoms with E-state index in [2.05, 4.69) is 15.5 Å². The van der Waals surface area contributed by atoms with E-state index in [4.69, 9.17) is 0 Å². The van der Waals surface area contributed by atoms with Crippen LogP contribution < -0.4 is 5.32 Å². The molecule has 0 amide bonds. The van der Waals surface area contributed by atoms with Gasteiger partial charge in [0.1, 0.15) is 11.4 Å². The summed E-state index contributed by atoms with van der Waals surface area (Å²) in [4.78, 5) is 1.58. The van der Waals surface area contributed by atoms with E-state index < -0.39 is 0 Å². The molecule has 5 nitrogen and oxygen atoms in total. The monoisotopic (exact) mass is 260 g/mol. The van der Waals surface area contributed by atoms with Crippen LogP contribution in [0.3, 0.4) is 0 Å². The summed E-state index contributed by atoms with van der Waals surface area (Å²) in [6, 6.07) is 10.1. The Bertz CT molecular complexity index is 505. The number of aromatic nitrogens is 3. The molecule has 0 saturated heterocycles. The maximum absolute atomic E-state index is 9.19. The highest BCUT2D eigenvalue weighted by molar-refractivity contribution is 5.60. The van der Waals surface area contributed by atoms with Gasteiger partial charge in [-0.05, 0) is 6.42 Å². The molecule has 2 rings (SSSR count). The van der Waals surface area contributed by atoms with Crippen molar-refractivity contribution in [2.24, 2.45) is 7.05 Å². The number of aryl methyl sites for hydroxylation is 1. The minimum Gasteiger partial charge on any atom is -0.395 e. The standard InChI is InChI=1S/C14H20N4O/c1-3-12(10-19)15-9-13-14(17-18(2)16-13)11-7-5-4-6-8-11/h4-8,12,15,19H,3,9-10H2,1-2H3/t12-/m0/s1. The van der Waals surface area contributed by atoms with Crippen molar-refractivity contribution >= 4 is 0 Å². The smallest absolute Gasteiger partial charge is 0.117 e. The highest BCUT2D eigenvalue weighted by Gasteiger charge is 2.13. The van der Waals surface area contributed by atoms with Crippen LogP contribution in [0.1, 0.15) is 19.0 Å². The molecule has 19 heavy (non-hydrogen) atoms. The number of rotatable bonds is 6. The predicted octanol–water partition coefficient (Wildman–Crippen LogP) is 1.34. The van der Waals surface area contributed by atoms with E-state index in [1.54, 1.807) is 4.80 Å². The Morgan fingerprint density at radius 3 is 2.63 bits per heavy atom. The molecule has 2 N–H and O–H groups in total. The van der Waals surface area contributed by atoms with Crippen molar-refractivity contribution in [2.75, 3.05) is 6.61 Å². The lowest BCUT2D eigenvalue weighted by Crippen LogP contribution is -2.31. The van der Waals surface area contributed by atoms with Gasteiger partial charge in [-0.2, -0.15) is 15.0 Å².